The molecule has 0 radical (unpaired) electrons. The molecule has 0 aromatic heterocycles. The van der Waals surface area contributed by atoms with E-state index in [1.165, 1.54) is 57.9 Å². The third kappa shape index (κ3) is 2.71. The van der Waals surface area contributed by atoms with Gasteiger partial charge in [-0.25, -0.2) is 0 Å². The van der Waals surface area contributed by atoms with E-state index in [0.717, 1.165) is 12.6 Å². The zero-order valence-corrected chi connectivity index (χ0v) is 9.23. The molecule has 82 valence electrons. The van der Waals surface area contributed by atoms with Crippen LogP contribution in [0.15, 0.2) is 0 Å². The van der Waals surface area contributed by atoms with E-state index < -0.39 is 0 Å². The van der Waals surface area contributed by atoms with Crippen molar-refractivity contribution in [3.63, 3.8) is 0 Å². The Bertz CT molecular complexity index is 167. The maximum Gasteiger partial charge on any atom is 0.00684 e. The number of nitrogens with one attached hydrogen (secondary N) is 1. The summed E-state index contributed by atoms with van der Waals surface area (Å²) in [7, 11) is 0. The number of hydrogen-bond acceptors (Lipinski definition) is 2. The average Bonchev–Trinajstić information content (AvgIpc) is 3.03. The Labute approximate surface area is 87.6 Å². The molecule has 0 bridgehead atoms. The van der Waals surface area contributed by atoms with Crippen LogP contribution in [-0.2, 0) is 0 Å². The van der Waals surface area contributed by atoms with Crippen LogP contribution in [-0.4, -0.2) is 19.1 Å². The summed E-state index contributed by atoms with van der Waals surface area (Å²) in [5, 5.41) is 3.67. The van der Waals surface area contributed by atoms with Crippen molar-refractivity contribution in [3.8, 4) is 0 Å². The van der Waals surface area contributed by atoms with Crippen molar-refractivity contribution in [1.29, 1.82) is 0 Å². The van der Waals surface area contributed by atoms with Crippen LogP contribution in [0.5, 0.6) is 0 Å². The van der Waals surface area contributed by atoms with Crippen LogP contribution in [0.25, 0.3) is 0 Å². The predicted molar refractivity (Wildman–Crippen MR) is 60.2 cm³/mol. The number of rotatable bonds is 4. The lowest BCUT2D eigenvalue weighted by molar-refractivity contribution is 0.241. The van der Waals surface area contributed by atoms with E-state index in [9.17, 15) is 0 Å². The molecule has 2 aliphatic carbocycles. The number of nitrogens with two attached hydrogens (primary N) is 1. The molecular weight excluding hydrogens is 172 g/mol. The quantitative estimate of drug-likeness (QED) is 0.675. The van der Waals surface area contributed by atoms with Crippen molar-refractivity contribution in [2.75, 3.05) is 13.1 Å². The molecule has 0 atom stereocenters. The Morgan fingerprint density at radius 2 is 1.71 bits per heavy atom. The Kier molecular flexibility index (Phi) is 3.45. The molecule has 2 fully saturated rings. The van der Waals surface area contributed by atoms with Gasteiger partial charge >= 0.3 is 0 Å². The molecule has 0 unspecified atom stereocenters. The molecule has 2 aliphatic rings. The van der Waals surface area contributed by atoms with Gasteiger partial charge in [0.2, 0.25) is 0 Å². The summed E-state index contributed by atoms with van der Waals surface area (Å²) < 4.78 is 0. The summed E-state index contributed by atoms with van der Waals surface area (Å²) in [4.78, 5) is 0. The second-order valence-electron chi connectivity index (χ2n) is 5.27. The normalized spacial score (nSPS) is 27.2. The number of hydrogen-bond donors (Lipinski definition) is 2. The largest absolute Gasteiger partial charge is 0.330 e. The average molecular weight is 196 g/mol. The first kappa shape index (κ1) is 10.4. The molecule has 14 heavy (non-hydrogen) atoms. The van der Waals surface area contributed by atoms with Crippen LogP contribution >= 0.6 is 0 Å². The maximum atomic E-state index is 5.97. The highest BCUT2D eigenvalue weighted by atomic mass is 15.0. The van der Waals surface area contributed by atoms with Crippen LogP contribution in [0.2, 0.25) is 0 Å². The minimum Gasteiger partial charge on any atom is -0.330 e. The molecule has 2 heteroatoms. The van der Waals surface area contributed by atoms with E-state index in [2.05, 4.69) is 5.32 Å². The topological polar surface area (TPSA) is 38.0 Å². The monoisotopic (exact) mass is 196 g/mol. The van der Waals surface area contributed by atoms with Gasteiger partial charge < -0.3 is 11.1 Å². The Morgan fingerprint density at radius 1 is 1.07 bits per heavy atom. The van der Waals surface area contributed by atoms with Gasteiger partial charge in [-0.3, -0.25) is 0 Å². The summed E-state index contributed by atoms with van der Waals surface area (Å²) in [6, 6.07) is 0.835. The summed E-state index contributed by atoms with van der Waals surface area (Å²) in [5.74, 6) is 0. The minimum absolute atomic E-state index is 0.444. The predicted octanol–water partition coefficient (Wildman–Crippen LogP) is 2.04. The van der Waals surface area contributed by atoms with Crippen LogP contribution in [0.3, 0.4) is 0 Å². The van der Waals surface area contributed by atoms with E-state index in [1.54, 1.807) is 0 Å². The third-order valence-corrected chi connectivity index (χ3v) is 3.94. The molecule has 0 heterocycles. The van der Waals surface area contributed by atoms with Crippen molar-refractivity contribution < 1.29 is 0 Å². The highest BCUT2D eigenvalue weighted by molar-refractivity contribution is 4.89. The summed E-state index contributed by atoms with van der Waals surface area (Å²) in [6.07, 6.45) is 11.1. The van der Waals surface area contributed by atoms with Crippen LogP contribution in [0.4, 0.5) is 0 Å². The molecule has 3 N–H and O–H groups in total. The van der Waals surface area contributed by atoms with Gasteiger partial charge in [-0.05, 0) is 37.6 Å². The molecule has 0 saturated heterocycles. The van der Waals surface area contributed by atoms with Gasteiger partial charge in [-0.15, -0.1) is 0 Å². The van der Waals surface area contributed by atoms with E-state index in [-0.39, 0.29) is 0 Å². The molecule has 2 nitrogen and oxygen atoms in total. The van der Waals surface area contributed by atoms with Crippen molar-refractivity contribution >= 4 is 0 Å². The highest BCUT2D eigenvalue weighted by Gasteiger charge is 2.31. The molecule has 0 aromatic carbocycles. The molecule has 0 aliphatic heterocycles. The first-order valence-electron chi connectivity index (χ1n) is 6.28. The van der Waals surface area contributed by atoms with E-state index in [0.29, 0.717) is 5.41 Å². The fourth-order valence-corrected chi connectivity index (χ4v) is 2.58. The van der Waals surface area contributed by atoms with E-state index >= 15 is 0 Å². The highest BCUT2D eigenvalue weighted by Crippen LogP contribution is 2.34. The zero-order valence-electron chi connectivity index (χ0n) is 9.23. The van der Waals surface area contributed by atoms with Gasteiger partial charge in [-0.2, -0.15) is 0 Å². The Morgan fingerprint density at radius 3 is 2.21 bits per heavy atom. The fourth-order valence-electron chi connectivity index (χ4n) is 2.58. The molecule has 2 saturated carbocycles. The fraction of sp³-hybridized carbons (Fsp3) is 1.00. The maximum absolute atomic E-state index is 5.97. The molecule has 0 spiro atoms. The van der Waals surface area contributed by atoms with Crippen molar-refractivity contribution in [2.45, 2.75) is 57.4 Å². The van der Waals surface area contributed by atoms with Crippen LogP contribution < -0.4 is 11.1 Å². The molecule has 2 rings (SSSR count). The summed E-state index contributed by atoms with van der Waals surface area (Å²) in [6.45, 7) is 2.06. The Hall–Kier alpha value is -0.0800. The van der Waals surface area contributed by atoms with Gasteiger partial charge in [0.15, 0.2) is 0 Å². The smallest absolute Gasteiger partial charge is 0.00684 e. The summed E-state index contributed by atoms with van der Waals surface area (Å²) >= 11 is 0. The lowest BCUT2D eigenvalue weighted by atomic mass is 9.80. The van der Waals surface area contributed by atoms with Crippen molar-refractivity contribution in [1.82, 2.24) is 5.32 Å². The molecule has 0 aromatic rings. The van der Waals surface area contributed by atoms with E-state index in [4.69, 9.17) is 5.73 Å². The van der Waals surface area contributed by atoms with Crippen LogP contribution in [0, 0.1) is 5.41 Å². The lowest BCUT2D eigenvalue weighted by Crippen LogP contribution is -2.40. The van der Waals surface area contributed by atoms with Gasteiger partial charge in [0.05, 0.1) is 0 Å². The summed E-state index contributed by atoms with van der Waals surface area (Å²) in [5.41, 5.74) is 6.42. The van der Waals surface area contributed by atoms with Gasteiger partial charge in [0.25, 0.3) is 0 Å². The van der Waals surface area contributed by atoms with Crippen molar-refractivity contribution in [3.05, 3.63) is 0 Å². The second kappa shape index (κ2) is 4.63. The van der Waals surface area contributed by atoms with Gasteiger partial charge in [0.1, 0.15) is 0 Å². The molecular formula is C12H24N2. The SMILES string of the molecule is NCC1(CNC2CC2)CCCCCC1. The van der Waals surface area contributed by atoms with Crippen LogP contribution in [0.1, 0.15) is 51.4 Å². The Balaban J connectivity index is 1.84. The van der Waals surface area contributed by atoms with E-state index in [1.807, 2.05) is 0 Å². The lowest BCUT2D eigenvalue weighted by Gasteiger charge is -2.31. The zero-order chi connectivity index (χ0) is 9.86. The van der Waals surface area contributed by atoms with Crippen molar-refractivity contribution in [2.24, 2.45) is 11.1 Å². The van der Waals surface area contributed by atoms with Gasteiger partial charge in [-0.1, -0.05) is 25.7 Å². The molecule has 0 amide bonds. The third-order valence-electron chi connectivity index (χ3n) is 3.94. The first-order chi connectivity index (χ1) is 6.85. The standard InChI is InChI=1S/C12H24N2/c13-9-12(10-14-11-5-6-11)7-3-1-2-4-8-12/h11,14H,1-10,13H2. The first-order valence-corrected chi connectivity index (χ1v) is 6.28. The minimum atomic E-state index is 0.444. The second-order valence-corrected chi connectivity index (χ2v) is 5.27. The van der Waals surface area contributed by atoms with Gasteiger partial charge in [0, 0.05) is 12.6 Å².